The number of thiazole rings is 1. The fraction of sp³-hybridized carbons (Fsp3) is 0. The topological polar surface area (TPSA) is 92.2 Å². The summed E-state index contributed by atoms with van der Waals surface area (Å²) in [4.78, 5) is 28.6. The largest absolute Gasteiger partial charge is 0.321 e. The first kappa shape index (κ1) is 14.3. The molecule has 3 heterocycles. The summed E-state index contributed by atoms with van der Waals surface area (Å²) in [5, 5.41) is 10.7. The zero-order chi connectivity index (χ0) is 16.5. The van der Waals surface area contributed by atoms with Crippen LogP contribution in [0.3, 0.4) is 0 Å². The lowest BCUT2D eigenvalue weighted by Gasteiger charge is -2.05. The van der Waals surface area contributed by atoms with Crippen LogP contribution in [-0.2, 0) is 0 Å². The Morgan fingerprint density at radius 1 is 1.25 bits per heavy atom. The molecule has 0 saturated carbocycles. The predicted octanol–water partition coefficient (Wildman–Crippen LogP) is 2.40. The van der Waals surface area contributed by atoms with E-state index in [-0.39, 0.29) is 11.3 Å². The van der Waals surface area contributed by atoms with Gasteiger partial charge in [0.2, 0.25) is 0 Å². The van der Waals surface area contributed by atoms with Gasteiger partial charge in [0.1, 0.15) is 5.69 Å². The number of nitrogens with one attached hydrogen (secondary N) is 2. The highest BCUT2D eigenvalue weighted by Gasteiger charge is 2.10. The second kappa shape index (κ2) is 5.74. The third-order valence-electron chi connectivity index (χ3n) is 3.42. The van der Waals surface area contributed by atoms with Gasteiger partial charge in [0, 0.05) is 35.1 Å². The summed E-state index contributed by atoms with van der Waals surface area (Å²) < 4.78 is 1.95. The number of aromatic nitrogens is 4. The summed E-state index contributed by atoms with van der Waals surface area (Å²) in [6.07, 6.45) is 3.89. The Balaban J connectivity index is 1.60. The van der Waals surface area contributed by atoms with E-state index >= 15 is 0 Å². The van der Waals surface area contributed by atoms with Gasteiger partial charge in [-0.1, -0.05) is 12.1 Å². The minimum atomic E-state index is -0.394. The maximum absolute atomic E-state index is 12.2. The molecule has 0 radical (unpaired) electrons. The molecule has 4 rings (SSSR count). The molecule has 8 heteroatoms. The molecule has 0 aliphatic carbocycles. The van der Waals surface area contributed by atoms with Gasteiger partial charge in [-0.2, -0.15) is 5.10 Å². The molecular formula is C16H11N5O2S. The summed E-state index contributed by atoms with van der Waals surface area (Å²) in [6.45, 7) is 0. The number of aromatic amines is 1. The lowest BCUT2D eigenvalue weighted by molar-refractivity contribution is 0.102. The molecule has 0 atom stereocenters. The number of H-pyrrole nitrogens is 1. The van der Waals surface area contributed by atoms with Crippen LogP contribution in [0.15, 0.2) is 59.0 Å². The Morgan fingerprint density at radius 2 is 2.17 bits per heavy atom. The van der Waals surface area contributed by atoms with E-state index in [0.29, 0.717) is 5.69 Å². The zero-order valence-electron chi connectivity index (χ0n) is 12.3. The number of imidazole rings is 1. The normalized spacial score (nSPS) is 10.8. The number of nitrogens with zero attached hydrogens (tertiary/aromatic N) is 3. The summed E-state index contributed by atoms with van der Waals surface area (Å²) in [5.74, 6) is -0.394. The number of rotatable bonds is 3. The van der Waals surface area contributed by atoms with Crippen LogP contribution in [-0.4, -0.2) is 25.5 Å². The maximum atomic E-state index is 12.2. The summed E-state index contributed by atoms with van der Waals surface area (Å²) in [7, 11) is 0. The van der Waals surface area contributed by atoms with Gasteiger partial charge in [0.15, 0.2) is 4.96 Å². The van der Waals surface area contributed by atoms with Gasteiger partial charge in [-0.25, -0.2) is 10.1 Å². The van der Waals surface area contributed by atoms with Crippen molar-refractivity contribution in [3.63, 3.8) is 0 Å². The van der Waals surface area contributed by atoms with E-state index in [1.165, 1.54) is 12.1 Å². The van der Waals surface area contributed by atoms with Crippen molar-refractivity contribution >= 4 is 27.9 Å². The second-order valence-corrected chi connectivity index (χ2v) is 5.93. The molecule has 24 heavy (non-hydrogen) atoms. The molecular weight excluding hydrogens is 326 g/mol. The number of benzene rings is 1. The van der Waals surface area contributed by atoms with E-state index in [1.54, 1.807) is 17.4 Å². The van der Waals surface area contributed by atoms with Gasteiger partial charge in [-0.05, 0) is 18.2 Å². The summed E-state index contributed by atoms with van der Waals surface area (Å²) >= 11 is 1.56. The summed E-state index contributed by atoms with van der Waals surface area (Å²) in [5.41, 5.74) is 2.15. The van der Waals surface area contributed by atoms with Crippen LogP contribution in [0.5, 0.6) is 0 Å². The number of hydrogen-bond donors (Lipinski definition) is 2. The fourth-order valence-corrected chi connectivity index (χ4v) is 2.99. The summed E-state index contributed by atoms with van der Waals surface area (Å²) in [6, 6.07) is 10.0. The SMILES string of the molecule is O=C(Nc1cccc(-c2cn3ccsc3n2)c1)c1ccc(=O)[nH]n1. The molecule has 0 aliphatic rings. The van der Waals surface area contributed by atoms with Gasteiger partial charge in [-0.3, -0.25) is 14.0 Å². The Hall–Kier alpha value is -3.26. The number of anilines is 1. The number of fused-ring (bicyclic) bond motifs is 1. The third-order valence-corrected chi connectivity index (χ3v) is 4.19. The minimum absolute atomic E-state index is 0.141. The Morgan fingerprint density at radius 3 is 2.96 bits per heavy atom. The van der Waals surface area contributed by atoms with Gasteiger partial charge < -0.3 is 5.32 Å². The van der Waals surface area contributed by atoms with Crippen LogP contribution >= 0.6 is 11.3 Å². The molecule has 2 N–H and O–H groups in total. The molecule has 3 aromatic heterocycles. The van der Waals surface area contributed by atoms with Crippen molar-refractivity contribution in [2.24, 2.45) is 0 Å². The molecule has 4 aromatic rings. The maximum Gasteiger partial charge on any atom is 0.276 e. The predicted molar refractivity (Wildman–Crippen MR) is 91.3 cm³/mol. The first-order valence-electron chi connectivity index (χ1n) is 7.09. The molecule has 0 bridgehead atoms. The third kappa shape index (κ3) is 2.70. The van der Waals surface area contributed by atoms with Gasteiger partial charge in [0.25, 0.3) is 11.5 Å². The van der Waals surface area contributed by atoms with Gasteiger partial charge in [-0.15, -0.1) is 11.3 Å². The lowest BCUT2D eigenvalue weighted by Crippen LogP contribution is -2.17. The smallest absolute Gasteiger partial charge is 0.276 e. The molecule has 7 nitrogen and oxygen atoms in total. The van der Waals surface area contributed by atoms with E-state index < -0.39 is 5.91 Å². The van der Waals surface area contributed by atoms with Crippen molar-refractivity contribution in [3.05, 3.63) is 70.2 Å². The number of carbonyl (C=O) groups excluding carboxylic acids is 1. The van der Waals surface area contributed by atoms with E-state index in [1.807, 2.05) is 40.4 Å². The molecule has 0 fully saturated rings. The van der Waals surface area contributed by atoms with Crippen molar-refractivity contribution in [3.8, 4) is 11.3 Å². The average Bonchev–Trinajstić information content (AvgIpc) is 3.17. The molecule has 0 unspecified atom stereocenters. The highest BCUT2D eigenvalue weighted by Crippen LogP contribution is 2.24. The Bertz CT molecular complexity index is 1050. The molecule has 0 saturated heterocycles. The molecule has 1 aromatic carbocycles. The van der Waals surface area contributed by atoms with Crippen molar-refractivity contribution < 1.29 is 4.79 Å². The van der Waals surface area contributed by atoms with Crippen LogP contribution in [0.4, 0.5) is 5.69 Å². The number of amides is 1. The minimum Gasteiger partial charge on any atom is -0.321 e. The van der Waals surface area contributed by atoms with Crippen LogP contribution in [0.1, 0.15) is 10.5 Å². The van der Waals surface area contributed by atoms with E-state index in [9.17, 15) is 9.59 Å². The first-order chi connectivity index (χ1) is 11.7. The average molecular weight is 337 g/mol. The molecule has 0 spiro atoms. The van der Waals surface area contributed by atoms with Gasteiger partial charge in [0.05, 0.1) is 5.69 Å². The van der Waals surface area contributed by atoms with Gasteiger partial charge >= 0.3 is 0 Å². The Labute approximate surface area is 139 Å². The van der Waals surface area contributed by atoms with E-state index in [2.05, 4.69) is 20.5 Å². The highest BCUT2D eigenvalue weighted by atomic mass is 32.1. The highest BCUT2D eigenvalue weighted by molar-refractivity contribution is 7.15. The van der Waals surface area contributed by atoms with Crippen molar-refractivity contribution in [2.75, 3.05) is 5.32 Å². The second-order valence-electron chi connectivity index (χ2n) is 5.06. The van der Waals surface area contributed by atoms with Crippen molar-refractivity contribution in [2.45, 2.75) is 0 Å². The van der Waals surface area contributed by atoms with Crippen LogP contribution in [0.25, 0.3) is 16.2 Å². The van der Waals surface area contributed by atoms with Crippen molar-refractivity contribution in [1.82, 2.24) is 19.6 Å². The van der Waals surface area contributed by atoms with E-state index in [0.717, 1.165) is 16.2 Å². The Kier molecular flexibility index (Phi) is 3.43. The standard InChI is InChI=1S/C16H11N5O2S/c22-14-5-4-12(19-20-14)15(23)17-11-3-1-2-10(8-11)13-9-21-6-7-24-16(21)18-13/h1-9H,(H,17,23)(H,20,22). The number of hydrogen-bond acceptors (Lipinski definition) is 5. The lowest BCUT2D eigenvalue weighted by atomic mass is 10.1. The molecule has 1 amide bonds. The van der Waals surface area contributed by atoms with Crippen LogP contribution in [0, 0.1) is 0 Å². The number of carbonyl (C=O) groups is 1. The van der Waals surface area contributed by atoms with Crippen LogP contribution in [0.2, 0.25) is 0 Å². The van der Waals surface area contributed by atoms with Crippen LogP contribution < -0.4 is 10.9 Å². The van der Waals surface area contributed by atoms with E-state index in [4.69, 9.17) is 0 Å². The quantitative estimate of drug-likeness (QED) is 0.600. The van der Waals surface area contributed by atoms with Crippen molar-refractivity contribution in [1.29, 1.82) is 0 Å². The zero-order valence-corrected chi connectivity index (χ0v) is 13.1. The monoisotopic (exact) mass is 337 g/mol. The molecule has 118 valence electrons. The molecule has 0 aliphatic heterocycles. The fourth-order valence-electron chi connectivity index (χ4n) is 2.29. The first-order valence-corrected chi connectivity index (χ1v) is 7.97.